The van der Waals surface area contributed by atoms with Gasteiger partial charge in [0.25, 0.3) is 0 Å². The van der Waals surface area contributed by atoms with Crippen molar-refractivity contribution in [3.05, 3.63) is 64.2 Å². The standard InChI is InChI=1S/C25H23F9N2O4/c1-4-40-22(38)36-13(2)19(18-10-15(23(26,27)28)5-6-20(18)36)12-35(21(37)39-3)11-14-7-16(24(29,30)31)9-17(8-14)25(32,33)34/h5-10,13,19H,4,11-12H2,1-3H3/t13-,19-/m1/s1. The summed E-state index contributed by atoms with van der Waals surface area (Å²) in [6.45, 7) is 1.57. The largest absolute Gasteiger partial charge is 0.453 e. The Labute approximate surface area is 222 Å². The Balaban J connectivity index is 2.07. The van der Waals surface area contributed by atoms with Crippen LogP contribution < -0.4 is 4.90 Å². The minimum Gasteiger partial charge on any atom is -0.453 e. The summed E-state index contributed by atoms with van der Waals surface area (Å²) in [4.78, 5) is 27.1. The predicted octanol–water partition coefficient (Wildman–Crippen LogP) is 7.46. The van der Waals surface area contributed by atoms with Crippen molar-refractivity contribution in [3.8, 4) is 0 Å². The van der Waals surface area contributed by atoms with E-state index in [-0.39, 0.29) is 23.9 Å². The molecule has 3 rings (SSSR count). The number of alkyl halides is 9. The van der Waals surface area contributed by atoms with E-state index in [1.807, 2.05) is 0 Å². The second-order valence-electron chi connectivity index (χ2n) is 8.95. The topological polar surface area (TPSA) is 59.1 Å². The molecule has 1 aliphatic rings. The van der Waals surface area contributed by atoms with Gasteiger partial charge in [-0.05, 0) is 61.4 Å². The van der Waals surface area contributed by atoms with Crippen LogP contribution in [0.2, 0.25) is 0 Å². The molecular formula is C25H23F9N2O4. The Morgan fingerprint density at radius 3 is 1.90 bits per heavy atom. The third-order valence-electron chi connectivity index (χ3n) is 6.34. The van der Waals surface area contributed by atoms with Crippen LogP contribution in [-0.4, -0.2) is 43.4 Å². The highest BCUT2D eigenvalue weighted by atomic mass is 19.4. The second-order valence-corrected chi connectivity index (χ2v) is 8.95. The number of hydrogen-bond donors (Lipinski definition) is 0. The molecule has 0 unspecified atom stereocenters. The molecule has 15 heteroatoms. The van der Waals surface area contributed by atoms with E-state index in [0.29, 0.717) is 12.1 Å². The van der Waals surface area contributed by atoms with Gasteiger partial charge in [-0.2, -0.15) is 39.5 Å². The molecule has 0 N–H and O–H groups in total. The van der Waals surface area contributed by atoms with Gasteiger partial charge in [0.05, 0.1) is 36.1 Å². The SMILES string of the molecule is CCOC(=O)N1c2ccc(C(F)(F)F)cc2[C@H](CN(Cc2cc(C(F)(F)F)cc(C(F)(F)F)c2)C(=O)OC)[C@H]1C. The van der Waals surface area contributed by atoms with Gasteiger partial charge in [-0.1, -0.05) is 0 Å². The number of anilines is 1. The van der Waals surface area contributed by atoms with Crippen molar-refractivity contribution in [2.24, 2.45) is 0 Å². The molecule has 1 heterocycles. The van der Waals surface area contributed by atoms with Crippen LogP contribution in [0.3, 0.4) is 0 Å². The van der Waals surface area contributed by atoms with Gasteiger partial charge < -0.3 is 14.4 Å². The van der Waals surface area contributed by atoms with E-state index >= 15 is 0 Å². The van der Waals surface area contributed by atoms with Crippen LogP contribution in [0.4, 0.5) is 54.8 Å². The lowest BCUT2D eigenvalue weighted by Crippen LogP contribution is -2.42. The summed E-state index contributed by atoms with van der Waals surface area (Å²) in [6.07, 6.45) is -17.1. The highest BCUT2D eigenvalue weighted by Crippen LogP contribution is 2.45. The van der Waals surface area contributed by atoms with E-state index < -0.39 is 78.0 Å². The van der Waals surface area contributed by atoms with Gasteiger partial charge in [0.15, 0.2) is 0 Å². The number of rotatable bonds is 5. The van der Waals surface area contributed by atoms with Gasteiger partial charge in [-0.25, -0.2) is 9.59 Å². The number of halogens is 9. The number of amides is 2. The number of hydrogen-bond acceptors (Lipinski definition) is 4. The maximum Gasteiger partial charge on any atom is 0.416 e. The van der Waals surface area contributed by atoms with Crippen LogP contribution in [0.1, 0.15) is 47.6 Å². The molecule has 2 aromatic rings. The van der Waals surface area contributed by atoms with Crippen LogP contribution in [-0.2, 0) is 34.5 Å². The van der Waals surface area contributed by atoms with Crippen LogP contribution in [0, 0.1) is 0 Å². The summed E-state index contributed by atoms with van der Waals surface area (Å²) in [6, 6.07) is 2.45. The number of methoxy groups -OCH3 is 1. The smallest absolute Gasteiger partial charge is 0.416 e. The monoisotopic (exact) mass is 586 g/mol. The highest BCUT2D eigenvalue weighted by Gasteiger charge is 2.44. The number of ether oxygens (including phenoxy) is 2. The molecule has 40 heavy (non-hydrogen) atoms. The van der Waals surface area contributed by atoms with Crippen LogP contribution in [0.15, 0.2) is 36.4 Å². The summed E-state index contributed by atoms with van der Waals surface area (Å²) in [5.74, 6) is -1.05. The van der Waals surface area contributed by atoms with Crippen LogP contribution >= 0.6 is 0 Å². The van der Waals surface area contributed by atoms with Crippen LogP contribution in [0.25, 0.3) is 0 Å². The molecule has 0 bridgehead atoms. The normalized spacial score (nSPS) is 17.4. The van der Waals surface area contributed by atoms with Gasteiger partial charge in [0, 0.05) is 25.0 Å². The van der Waals surface area contributed by atoms with Crippen molar-refractivity contribution < 1.29 is 58.6 Å². The van der Waals surface area contributed by atoms with Gasteiger partial charge in [-0.15, -0.1) is 0 Å². The first-order chi connectivity index (χ1) is 18.4. The summed E-state index contributed by atoms with van der Waals surface area (Å²) in [5.41, 5.74) is -4.80. The van der Waals surface area contributed by atoms with Crippen molar-refractivity contribution in [1.29, 1.82) is 0 Å². The fraction of sp³-hybridized carbons (Fsp3) is 0.440. The van der Waals surface area contributed by atoms with E-state index in [4.69, 9.17) is 4.74 Å². The number of carbonyl (C=O) groups excluding carboxylic acids is 2. The Morgan fingerprint density at radius 2 is 1.43 bits per heavy atom. The molecule has 2 amide bonds. The Hall–Kier alpha value is -3.65. The van der Waals surface area contributed by atoms with E-state index in [1.165, 1.54) is 13.8 Å². The molecule has 0 fully saturated rings. The van der Waals surface area contributed by atoms with Gasteiger partial charge >= 0.3 is 30.7 Å². The summed E-state index contributed by atoms with van der Waals surface area (Å²) in [5, 5.41) is 0. The number of fused-ring (bicyclic) bond motifs is 1. The molecule has 0 aromatic heterocycles. The van der Waals surface area contributed by atoms with Crippen molar-refractivity contribution in [1.82, 2.24) is 4.90 Å². The van der Waals surface area contributed by atoms with E-state index in [0.717, 1.165) is 35.1 Å². The zero-order chi connectivity index (χ0) is 30.2. The molecule has 220 valence electrons. The third kappa shape index (κ3) is 6.55. The van der Waals surface area contributed by atoms with E-state index in [2.05, 4.69) is 4.74 Å². The Morgan fingerprint density at radius 1 is 0.875 bits per heavy atom. The first-order valence-electron chi connectivity index (χ1n) is 11.7. The van der Waals surface area contributed by atoms with Crippen molar-refractivity contribution in [3.63, 3.8) is 0 Å². The minimum atomic E-state index is -5.14. The number of carbonyl (C=O) groups is 2. The molecule has 2 atom stereocenters. The average Bonchev–Trinajstić information content (AvgIpc) is 3.12. The quantitative estimate of drug-likeness (QED) is 0.342. The average molecular weight is 586 g/mol. The lowest BCUT2D eigenvalue weighted by Gasteiger charge is -2.29. The lowest BCUT2D eigenvalue weighted by molar-refractivity contribution is -0.143. The first-order valence-corrected chi connectivity index (χ1v) is 11.7. The molecular weight excluding hydrogens is 563 g/mol. The zero-order valence-corrected chi connectivity index (χ0v) is 21.2. The number of benzene rings is 2. The van der Waals surface area contributed by atoms with Crippen LogP contribution in [0.5, 0.6) is 0 Å². The molecule has 0 radical (unpaired) electrons. The van der Waals surface area contributed by atoms with Crippen molar-refractivity contribution in [2.45, 2.75) is 50.9 Å². The molecule has 6 nitrogen and oxygen atoms in total. The maximum atomic E-state index is 13.5. The first kappa shape index (κ1) is 30.9. The predicted molar refractivity (Wildman–Crippen MR) is 122 cm³/mol. The zero-order valence-electron chi connectivity index (χ0n) is 21.2. The maximum absolute atomic E-state index is 13.5. The summed E-state index contributed by atoms with van der Waals surface area (Å²) < 4.78 is 130. The van der Waals surface area contributed by atoms with Gasteiger partial charge in [0.2, 0.25) is 0 Å². The van der Waals surface area contributed by atoms with Gasteiger partial charge in [-0.3, -0.25) is 4.90 Å². The van der Waals surface area contributed by atoms with E-state index in [9.17, 15) is 49.1 Å². The van der Waals surface area contributed by atoms with Gasteiger partial charge in [0.1, 0.15) is 0 Å². The summed E-state index contributed by atoms with van der Waals surface area (Å²) >= 11 is 0. The highest BCUT2D eigenvalue weighted by molar-refractivity contribution is 5.92. The Kier molecular flexibility index (Phi) is 8.56. The summed E-state index contributed by atoms with van der Waals surface area (Å²) in [7, 11) is 0.918. The molecule has 2 aromatic carbocycles. The number of nitrogens with zero attached hydrogens (tertiary/aromatic N) is 2. The second kappa shape index (κ2) is 11.1. The fourth-order valence-electron chi connectivity index (χ4n) is 4.52. The van der Waals surface area contributed by atoms with Crippen molar-refractivity contribution >= 4 is 17.9 Å². The van der Waals surface area contributed by atoms with Crippen molar-refractivity contribution in [2.75, 3.05) is 25.2 Å². The Bertz CT molecular complexity index is 1230. The molecule has 0 saturated carbocycles. The lowest BCUT2D eigenvalue weighted by atomic mass is 9.93. The molecule has 0 spiro atoms. The molecule has 0 saturated heterocycles. The third-order valence-corrected chi connectivity index (χ3v) is 6.34. The molecule has 1 aliphatic heterocycles. The fourth-order valence-corrected chi connectivity index (χ4v) is 4.52. The molecule has 0 aliphatic carbocycles. The minimum absolute atomic E-state index is 0.0238. The van der Waals surface area contributed by atoms with E-state index in [1.54, 1.807) is 0 Å².